The normalized spacial score (nSPS) is 11.8. The summed E-state index contributed by atoms with van der Waals surface area (Å²) < 4.78 is 1.30. The number of hydrogen-bond donors (Lipinski definition) is 0. The monoisotopic (exact) mass is 608 g/mol. The number of rotatable bonds is 5. The highest BCUT2D eigenvalue weighted by Gasteiger charge is 2.31. The van der Waals surface area contributed by atoms with Gasteiger partial charge < -0.3 is 0 Å². The molecule has 8 aromatic rings. The number of fused-ring (bicyclic) bond motifs is 5. The van der Waals surface area contributed by atoms with Gasteiger partial charge in [-0.1, -0.05) is 128 Å². The molecule has 0 N–H and O–H groups in total. The molecule has 0 saturated carbocycles. The molecule has 1 aliphatic rings. The van der Waals surface area contributed by atoms with Crippen molar-refractivity contribution in [3.05, 3.63) is 146 Å². The molecule has 2 heteroatoms. The summed E-state index contributed by atoms with van der Waals surface area (Å²) in [5.41, 5.74) is 13.0. The largest absolute Gasteiger partial charge is 0.135 e. The van der Waals surface area contributed by atoms with Crippen molar-refractivity contribution in [1.29, 1.82) is 0 Å². The highest BCUT2D eigenvalue weighted by Crippen LogP contribution is 2.58. The Hall–Kier alpha value is -4.89. The molecule has 0 atom stereocenters. The van der Waals surface area contributed by atoms with Crippen molar-refractivity contribution in [3.63, 3.8) is 0 Å². The fourth-order valence-electron chi connectivity index (χ4n) is 7.38. The molecular weight excluding hydrogens is 581 g/mol. The van der Waals surface area contributed by atoms with Crippen LogP contribution >= 0.6 is 23.1 Å². The molecule has 0 aliphatic heterocycles. The maximum absolute atomic E-state index is 4.07. The van der Waals surface area contributed by atoms with Crippen LogP contribution in [0.25, 0.3) is 92.7 Å². The lowest BCUT2D eigenvalue weighted by Crippen LogP contribution is -1.93. The molecule has 45 heavy (non-hydrogen) atoms. The second-order valence-electron chi connectivity index (χ2n) is 11.6. The van der Waals surface area contributed by atoms with E-state index >= 15 is 0 Å². The first-order valence-electron chi connectivity index (χ1n) is 15.3. The van der Waals surface area contributed by atoms with E-state index in [-0.39, 0.29) is 0 Å². The highest BCUT2D eigenvalue weighted by molar-refractivity contribution is 7.98. The quantitative estimate of drug-likeness (QED) is 0.175. The summed E-state index contributed by atoms with van der Waals surface area (Å²) in [5.74, 6) is 0. The number of thioether (sulfide) groups is 1. The van der Waals surface area contributed by atoms with E-state index in [9.17, 15) is 0 Å². The van der Waals surface area contributed by atoms with Crippen LogP contribution in [0.2, 0.25) is 0 Å². The molecule has 212 valence electrons. The standard InChI is InChI=1S/C43H28S2/c1-3-26-23-37-29(24-36(26)44-2)25-38(45-37)30-21-22-35-41-31(30)19-12-20-34(41)42-39(27-13-6-4-7-14-27)32-17-10-11-18-33(32)40(43(35)42)28-15-8-5-9-16-28/h3-25H,1H2,2H3. The fourth-order valence-corrected chi connectivity index (χ4v) is 9.13. The topological polar surface area (TPSA) is 0 Å². The van der Waals surface area contributed by atoms with Crippen LogP contribution in [0.15, 0.2) is 145 Å². The van der Waals surface area contributed by atoms with Gasteiger partial charge in [-0.05, 0) is 107 Å². The summed E-state index contributed by atoms with van der Waals surface area (Å²) in [6.45, 7) is 4.07. The number of thiophene rings is 1. The maximum atomic E-state index is 4.07. The molecule has 0 unspecified atom stereocenters. The SMILES string of the molecule is C=Cc1cc2sc(-c3ccc4c5c(cccc35)-c3c-4c(-c4ccccc4)c4ccccc4c3-c3ccccc3)cc2cc1SC. The zero-order valence-electron chi connectivity index (χ0n) is 24.8. The van der Waals surface area contributed by atoms with Gasteiger partial charge in [0, 0.05) is 14.5 Å². The molecule has 7 aromatic carbocycles. The van der Waals surface area contributed by atoms with Crippen molar-refractivity contribution in [1.82, 2.24) is 0 Å². The lowest BCUT2D eigenvalue weighted by Gasteiger charge is -2.20. The molecule has 9 rings (SSSR count). The molecular formula is C43H28S2. The Labute approximate surface area is 271 Å². The predicted molar refractivity (Wildman–Crippen MR) is 199 cm³/mol. The zero-order valence-corrected chi connectivity index (χ0v) is 26.4. The van der Waals surface area contributed by atoms with E-state index in [1.165, 1.54) is 97.0 Å². The van der Waals surface area contributed by atoms with Gasteiger partial charge in [-0.25, -0.2) is 0 Å². The van der Waals surface area contributed by atoms with Crippen molar-refractivity contribution >= 4 is 60.8 Å². The van der Waals surface area contributed by atoms with Crippen LogP contribution in [0.3, 0.4) is 0 Å². The van der Waals surface area contributed by atoms with Crippen LogP contribution < -0.4 is 0 Å². The molecule has 0 fully saturated rings. The Morgan fingerprint density at radius 3 is 1.76 bits per heavy atom. The molecule has 0 nitrogen and oxygen atoms in total. The van der Waals surface area contributed by atoms with E-state index in [1.54, 1.807) is 11.8 Å². The van der Waals surface area contributed by atoms with Crippen LogP contribution in [-0.4, -0.2) is 6.26 Å². The number of hydrogen-bond acceptors (Lipinski definition) is 2. The van der Waals surface area contributed by atoms with E-state index < -0.39 is 0 Å². The third kappa shape index (κ3) is 3.93. The van der Waals surface area contributed by atoms with Gasteiger partial charge in [-0.15, -0.1) is 23.1 Å². The van der Waals surface area contributed by atoms with E-state index in [4.69, 9.17) is 0 Å². The van der Waals surface area contributed by atoms with Crippen LogP contribution in [0, 0.1) is 0 Å². The Morgan fingerprint density at radius 2 is 1.13 bits per heavy atom. The van der Waals surface area contributed by atoms with Crippen molar-refractivity contribution in [2.24, 2.45) is 0 Å². The summed E-state index contributed by atoms with van der Waals surface area (Å²) >= 11 is 3.66. The smallest absolute Gasteiger partial charge is 0.0361 e. The summed E-state index contributed by atoms with van der Waals surface area (Å²) in [4.78, 5) is 2.57. The van der Waals surface area contributed by atoms with Crippen LogP contribution in [0.5, 0.6) is 0 Å². The van der Waals surface area contributed by atoms with Crippen molar-refractivity contribution in [3.8, 4) is 54.9 Å². The van der Waals surface area contributed by atoms with Crippen LogP contribution in [-0.2, 0) is 0 Å². The van der Waals surface area contributed by atoms with Gasteiger partial charge in [0.2, 0.25) is 0 Å². The van der Waals surface area contributed by atoms with Gasteiger partial charge in [0.15, 0.2) is 0 Å². The van der Waals surface area contributed by atoms with Gasteiger partial charge in [-0.2, -0.15) is 0 Å². The molecule has 1 aliphatic carbocycles. The Bertz CT molecular complexity index is 2370. The predicted octanol–water partition coefficient (Wildman–Crippen LogP) is 13.2. The summed E-state index contributed by atoms with van der Waals surface area (Å²) in [6.07, 6.45) is 4.11. The third-order valence-corrected chi connectivity index (χ3v) is 11.2. The lowest BCUT2D eigenvalue weighted by molar-refractivity contribution is 1.48. The minimum atomic E-state index is 1.20. The molecule has 1 aromatic heterocycles. The Morgan fingerprint density at radius 1 is 0.556 bits per heavy atom. The van der Waals surface area contributed by atoms with Crippen LogP contribution in [0.4, 0.5) is 0 Å². The van der Waals surface area contributed by atoms with E-state index in [0.717, 1.165) is 0 Å². The highest BCUT2D eigenvalue weighted by atomic mass is 32.2. The lowest BCUT2D eigenvalue weighted by atomic mass is 9.82. The van der Waals surface area contributed by atoms with E-state index in [2.05, 4.69) is 146 Å². The van der Waals surface area contributed by atoms with Crippen molar-refractivity contribution in [2.75, 3.05) is 6.26 Å². The van der Waals surface area contributed by atoms with Gasteiger partial charge in [0.05, 0.1) is 0 Å². The van der Waals surface area contributed by atoms with E-state index in [1.807, 2.05) is 17.4 Å². The van der Waals surface area contributed by atoms with Gasteiger partial charge in [0.1, 0.15) is 0 Å². The Kier molecular flexibility index (Phi) is 6.09. The molecule has 0 radical (unpaired) electrons. The minimum Gasteiger partial charge on any atom is -0.135 e. The third-order valence-electron chi connectivity index (χ3n) is 9.27. The first-order chi connectivity index (χ1) is 22.2. The molecule has 0 amide bonds. The van der Waals surface area contributed by atoms with Gasteiger partial charge >= 0.3 is 0 Å². The molecule has 0 saturated heterocycles. The minimum absolute atomic E-state index is 1.20. The zero-order chi connectivity index (χ0) is 30.1. The van der Waals surface area contributed by atoms with Gasteiger partial charge in [0.25, 0.3) is 0 Å². The Balaban J connectivity index is 1.39. The summed E-state index contributed by atoms with van der Waals surface area (Å²) in [6, 6.07) is 49.5. The van der Waals surface area contributed by atoms with Crippen molar-refractivity contribution in [2.45, 2.75) is 4.90 Å². The fraction of sp³-hybridized carbons (Fsp3) is 0.0233. The number of benzene rings is 7. The average Bonchev–Trinajstić information content (AvgIpc) is 3.67. The second kappa shape index (κ2) is 10.3. The second-order valence-corrected chi connectivity index (χ2v) is 13.5. The summed E-state index contributed by atoms with van der Waals surface area (Å²) in [5, 5.41) is 6.53. The summed E-state index contributed by atoms with van der Waals surface area (Å²) in [7, 11) is 0. The average molecular weight is 609 g/mol. The first kappa shape index (κ1) is 26.5. The van der Waals surface area contributed by atoms with Crippen LogP contribution in [0.1, 0.15) is 5.56 Å². The van der Waals surface area contributed by atoms with Gasteiger partial charge in [-0.3, -0.25) is 0 Å². The molecule has 1 heterocycles. The first-order valence-corrected chi connectivity index (χ1v) is 17.3. The van der Waals surface area contributed by atoms with Crippen molar-refractivity contribution < 1.29 is 0 Å². The molecule has 0 bridgehead atoms. The van der Waals surface area contributed by atoms with E-state index in [0.29, 0.717) is 0 Å². The maximum Gasteiger partial charge on any atom is 0.0361 e. The molecule has 0 spiro atoms.